The van der Waals surface area contributed by atoms with Crippen molar-refractivity contribution in [1.82, 2.24) is 29.5 Å². The van der Waals surface area contributed by atoms with E-state index < -0.39 is 11.9 Å². The van der Waals surface area contributed by atoms with Crippen LogP contribution in [0.4, 0.5) is 10.1 Å². The average Bonchev–Trinajstić information content (AvgIpc) is 3.54. The van der Waals surface area contributed by atoms with Gasteiger partial charge in [0.05, 0.1) is 41.2 Å². The van der Waals surface area contributed by atoms with Crippen molar-refractivity contribution in [3.63, 3.8) is 0 Å². The van der Waals surface area contributed by atoms with Gasteiger partial charge in [-0.15, -0.1) is 0 Å². The van der Waals surface area contributed by atoms with Crippen molar-refractivity contribution in [2.45, 2.75) is 19.4 Å². The molecular weight excluding hydrogens is 437 g/mol. The Morgan fingerprint density at radius 3 is 2.97 bits per heavy atom. The van der Waals surface area contributed by atoms with Gasteiger partial charge in [-0.2, -0.15) is 5.10 Å². The Balaban J connectivity index is 1.46. The van der Waals surface area contributed by atoms with E-state index in [1.165, 1.54) is 18.2 Å². The monoisotopic (exact) mass is 459 g/mol. The second-order valence-corrected chi connectivity index (χ2v) is 8.71. The molecule has 6 rings (SSSR count). The van der Waals surface area contributed by atoms with Crippen molar-refractivity contribution in [3.8, 4) is 0 Å². The number of benzene rings is 1. The topological polar surface area (TPSA) is 95.6 Å². The maximum atomic E-state index is 13.9. The van der Waals surface area contributed by atoms with Crippen LogP contribution in [0, 0.1) is 12.7 Å². The Kier molecular flexibility index (Phi) is 4.44. The van der Waals surface area contributed by atoms with Crippen molar-refractivity contribution < 1.29 is 13.6 Å². The van der Waals surface area contributed by atoms with Crippen LogP contribution >= 0.6 is 0 Å². The highest BCUT2D eigenvalue weighted by Crippen LogP contribution is 2.36. The number of amides is 1. The molecule has 5 aromatic rings. The predicted octanol–water partition coefficient (Wildman–Crippen LogP) is 3.50. The molecule has 34 heavy (non-hydrogen) atoms. The van der Waals surface area contributed by atoms with Gasteiger partial charge in [0.2, 0.25) is 5.89 Å². The van der Waals surface area contributed by atoms with Crippen LogP contribution in [0.5, 0.6) is 0 Å². The van der Waals surface area contributed by atoms with Crippen LogP contribution in [0.3, 0.4) is 0 Å². The number of aryl methyl sites for hydroxylation is 1. The van der Waals surface area contributed by atoms with Gasteiger partial charge in [-0.1, -0.05) is 0 Å². The van der Waals surface area contributed by atoms with Crippen LogP contribution in [-0.4, -0.2) is 56.0 Å². The maximum absolute atomic E-state index is 13.9. The zero-order chi connectivity index (χ0) is 23.6. The largest absolute Gasteiger partial charge is 0.438 e. The van der Waals surface area contributed by atoms with Crippen molar-refractivity contribution in [1.29, 1.82) is 0 Å². The Bertz CT molecular complexity index is 1560. The van der Waals surface area contributed by atoms with Gasteiger partial charge in [-0.3, -0.25) is 4.79 Å². The van der Waals surface area contributed by atoms with Crippen LogP contribution in [0.15, 0.2) is 47.4 Å². The zero-order valence-electron chi connectivity index (χ0n) is 18.9. The second-order valence-electron chi connectivity index (χ2n) is 8.71. The molecule has 0 bridgehead atoms. The summed E-state index contributed by atoms with van der Waals surface area (Å²) >= 11 is 0. The van der Waals surface area contributed by atoms with E-state index in [-0.39, 0.29) is 5.91 Å². The third-order valence-corrected chi connectivity index (χ3v) is 6.33. The first-order valence-electron chi connectivity index (χ1n) is 10.9. The first-order valence-corrected chi connectivity index (χ1v) is 10.9. The summed E-state index contributed by atoms with van der Waals surface area (Å²) in [5, 5.41) is 4.44. The summed E-state index contributed by atoms with van der Waals surface area (Å²) in [6.45, 7) is 2.45. The molecule has 0 saturated heterocycles. The zero-order valence-corrected chi connectivity index (χ0v) is 18.9. The first kappa shape index (κ1) is 20.4. The lowest BCUT2D eigenvalue weighted by Crippen LogP contribution is -2.41. The summed E-state index contributed by atoms with van der Waals surface area (Å²) in [6, 6.07) is 5.51. The van der Waals surface area contributed by atoms with Crippen molar-refractivity contribution >= 4 is 28.2 Å². The van der Waals surface area contributed by atoms with Gasteiger partial charge in [-0.25, -0.2) is 18.9 Å². The molecule has 1 amide bonds. The third-order valence-electron chi connectivity index (χ3n) is 6.33. The quantitative estimate of drug-likeness (QED) is 0.444. The number of aromatic amines is 1. The van der Waals surface area contributed by atoms with Crippen molar-refractivity contribution in [2.24, 2.45) is 0 Å². The molecule has 0 radical (unpaired) electrons. The number of imidazole rings is 1. The van der Waals surface area contributed by atoms with Crippen molar-refractivity contribution in [3.05, 3.63) is 77.2 Å². The van der Waals surface area contributed by atoms with E-state index in [4.69, 9.17) is 4.42 Å². The minimum Gasteiger partial charge on any atom is -0.438 e. The van der Waals surface area contributed by atoms with Gasteiger partial charge in [0.15, 0.2) is 11.6 Å². The Hall–Kier alpha value is -4.21. The molecule has 5 heterocycles. The number of hydrogen-bond donors (Lipinski definition) is 1. The molecule has 0 unspecified atom stereocenters. The van der Waals surface area contributed by atoms with E-state index in [1.54, 1.807) is 21.9 Å². The number of rotatable bonds is 3. The summed E-state index contributed by atoms with van der Waals surface area (Å²) < 4.78 is 21.5. The standard InChI is InChI=1S/C24H22FN7O2/c1-13-8-18-15(10-28-32(18)11-19(13)30(2)3)24(33)31-7-6-16-21(27-12-26-16)22(31)23-29-17-9-14(25)4-5-20(17)34-23/h4-5,8-12,22H,6-7H2,1-3H3,(H,26,27)/t22-/m0/s1. The van der Waals surface area contributed by atoms with Crippen LogP contribution in [-0.2, 0) is 6.42 Å². The van der Waals surface area contributed by atoms with Crippen molar-refractivity contribution in [2.75, 3.05) is 25.5 Å². The van der Waals surface area contributed by atoms with E-state index in [2.05, 4.69) is 20.1 Å². The molecule has 0 aliphatic carbocycles. The Morgan fingerprint density at radius 1 is 1.29 bits per heavy atom. The molecule has 1 atom stereocenters. The number of carbonyl (C=O) groups excluding carboxylic acids is 1. The molecule has 4 aromatic heterocycles. The molecule has 0 spiro atoms. The first-order chi connectivity index (χ1) is 16.4. The number of hydrogen-bond acceptors (Lipinski definition) is 6. The third kappa shape index (κ3) is 3.06. The number of aromatic nitrogens is 5. The van der Waals surface area contributed by atoms with Gasteiger partial charge in [0, 0.05) is 38.8 Å². The molecule has 172 valence electrons. The number of nitrogens with one attached hydrogen (secondary N) is 1. The lowest BCUT2D eigenvalue weighted by Gasteiger charge is -2.32. The number of carbonyl (C=O) groups is 1. The predicted molar refractivity (Wildman–Crippen MR) is 123 cm³/mol. The van der Waals surface area contributed by atoms with Gasteiger partial charge in [0.1, 0.15) is 11.3 Å². The van der Waals surface area contributed by atoms with Gasteiger partial charge < -0.3 is 19.2 Å². The SMILES string of the molecule is Cc1cc2c(C(=O)N3CCc4[nH]cnc4[C@H]3c3nc4cc(F)ccc4o3)cnn2cc1N(C)C. The minimum absolute atomic E-state index is 0.195. The molecule has 10 heteroatoms. The number of halogens is 1. The molecular formula is C24H22FN7O2. The van der Waals surface area contributed by atoms with Crippen LogP contribution < -0.4 is 4.90 Å². The average molecular weight is 459 g/mol. The van der Waals surface area contributed by atoms with E-state index in [0.29, 0.717) is 41.2 Å². The second kappa shape index (κ2) is 7.41. The van der Waals surface area contributed by atoms with Gasteiger partial charge in [-0.05, 0) is 30.7 Å². The number of oxazole rings is 1. The van der Waals surface area contributed by atoms with E-state index in [1.807, 2.05) is 38.2 Å². The summed E-state index contributed by atoms with van der Waals surface area (Å²) in [5.74, 6) is -0.299. The molecule has 0 fully saturated rings. The number of fused-ring (bicyclic) bond motifs is 3. The van der Waals surface area contributed by atoms with Gasteiger partial charge >= 0.3 is 0 Å². The Morgan fingerprint density at radius 2 is 2.15 bits per heavy atom. The van der Waals surface area contributed by atoms with Crippen LogP contribution in [0.25, 0.3) is 16.6 Å². The molecule has 1 aromatic carbocycles. The molecule has 0 saturated carbocycles. The van der Waals surface area contributed by atoms with Gasteiger partial charge in [0.25, 0.3) is 5.91 Å². The summed E-state index contributed by atoms with van der Waals surface area (Å²) in [6.07, 6.45) is 5.73. The van der Waals surface area contributed by atoms with Crippen LogP contribution in [0.1, 0.15) is 39.2 Å². The fourth-order valence-electron chi connectivity index (χ4n) is 4.68. The molecule has 1 aliphatic heterocycles. The number of nitrogens with zero attached hydrogens (tertiary/aromatic N) is 6. The summed E-state index contributed by atoms with van der Waals surface area (Å²) in [4.78, 5) is 29.7. The molecule has 1 N–H and O–H groups in total. The lowest BCUT2D eigenvalue weighted by atomic mass is 10.0. The highest BCUT2D eigenvalue weighted by atomic mass is 19.1. The number of anilines is 1. The fraction of sp³-hybridized carbons (Fsp3) is 0.250. The van der Waals surface area contributed by atoms with Crippen LogP contribution in [0.2, 0.25) is 0 Å². The smallest absolute Gasteiger partial charge is 0.258 e. The maximum Gasteiger partial charge on any atom is 0.258 e. The fourth-order valence-corrected chi connectivity index (χ4v) is 4.68. The minimum atomic E-state index is -0.643. The molecule has 9 nitrogen and oxygen atoms in total. The summed E-state index contributed by atoms with van der Waals surface area (Å²) in [7, 11) is 3.94. The highest BCUT2D eigenvalue weighted by molar-refractivity contribution is 6.01. The highest BCUT2D eigenvalue weighted by Gasteiger charge is 2.38. The van der Waals surface area contributed by atoms with E-state index in [0.717, 1.165) is 22.5 Å². The Labute approximate surface area is 193 Å². The molecule has 1 aliphatic rings. The van der Waals surface area contributed by atoms with E-state index in [9.17, 15) is 9.18 Å². The van der Waals surface area contributed by atoms with E-state index >= 15 is 0 Å². The lowest BCUT2D eigenvalue weighted by molar-refractivity contribution is 0.0669. The summed E-state index contributed by atoms with van der Waals surface area (Å²) in [5.41, 5.74) is 5.71. The number of H-pyrrole nitrogens is 1. The normalized spacial score (nSPS) is 15.8. The number of pyridine rings is 1.